The Morgan fingerprint density at radius 3 is 2.47 bits per heavy atom. The van der Waals surface area contributed by atoms with Gasteiger partial charge in [0.15, 0.2) is 0 Å². The molecule has 6 nitrogen and oxygen atoms in total. The van der Waals surface area contributed by atoms with E-state index >= 15 is 0 Å². The summed E-state index contributed by atoms with van der Waals surface area (Å²) < 4.78 is 24.8. The highest BCUT2D eigenvalue weighted by molar-refractivity contribution is 5.86. The zero-order valence-electron chi connectivity index (χ0n) is 22.5. The molecule has 0 unspecified atom stereocenters. The molecule has 0 radical (unpaired) electrons. The fourth-order valence-corrected chi connectivity index (χ4v) is 8.70. The zero-order chi connectivity index (χ0) is 25.7. The molecule has 4 aliphatic heterocycles. The van der Waals surface area contributed by atoms with E-state index in [1.165, 1.54) is 6.08 Å². The van der Waals surface area contributed by atoms with E-state index in [0.29, 0.717) is 24.0 Å². The summed E-state index contributed by atoms with van der Waals surface area (Å²) in [7, 11) is 0. The van der Waals surface area contributed by atoms with Gasteiger partial charge in [-0.25, -0.2) is 4.79 Å². The van der Waals surface area contributed by atoms with Crippen molar-refractivity contribution in [2.24, 2.45) is 28.6 Å². The lowest BCUT2D eigenvalue weighted by molar-refractivity contribution is -0.276. The molecule has 2 aliphatic carbocycles. The van der Waals surface area contributed by atoms with Gasteiger partial charge in [-0.05, 0) is 74.7 Å². The highest BCUT2D eigenvalue weighted by Gasteiger charge is 2.65. The van der Waals surface area contributed by atoms with Crippen LogP contribution >= 0.6 is 0 Å². The first-order valence-corrected chi connectivity index (χ1v) is 13.8. The molecule has 0 amide bonds. The van der Waals surface area contributed by atoms with Crippen molar-refractivity contribution in [2.75, 3.05) is 0 Å². The van der Waals surface area contributed by atoms with Crippen molar-refractivity contribution < 1.29 is 28.5 Å². The number of hydrogen-bond donors (Lipinski definition) is 0. The topological polar surface area (TPSA) is 71.1 Å². The maximum absolute atomic E-state index is 12.5. The molecule has 6 heteroatoms. The highest BCUT2D eigenvalue weighted by Crippen LogP contribution is 2.67. The Kier molecular flexibility index (Phi) is 5.20. The van der Waals surface area contributed by atoms with Crippen LogP contribution < -0.4 is 0 Å². The van der Waals surface area contributed by atoms with Crippen LogP contribution in [0.2, 0.25) is 0 Å². The minimum atomic E-state index is -0.751. The Hall–Kier alpha value is -2.08. The molecule has 0 aromatic carbocycles. The molecule has 196 valence electrons. The van der Waals surface area contributed by atoms with Crippen molar-refractivity contribution in [1.29, 1.82) is 0 Å². The summed E-state index contributed by atoms with van der Waals surface area (Å²) in [6.45, 7) is 13.1. The van der Waals surface area contributed by atoms with E-state index in [4.69, 9.17) is 18.9 Å². The number of esters is 2. The maximum atomic E-state index is 12.5. The van der Waals surface area contributed by atoms with E-state index < -0.39 is 11.4 Å². The SMILES string of the molecule is C[C@@H]1C[C@]2(C[C@@H](C)[C@H]3[C@@H](C[C@@]4(C)CC/C=C5\C6=C[C@H](CC[C@]34C)OC6=CC(=O)OC5(C)C)O2)OC1=O. The van der Waals surface area contributed by atoms with E-state index in [-0.39, 0.29) is 40.9 Å². The van der Waals surface area contributed by atoms with Crippen LogP contribution in [-0.2, 0) is 28.5 Å². The number of carbonyl (C=O) groups is 2. The first-order chi connectivity index (χ1) is 16.8. The van der Waals surface area contributed by atoms with Gasteiger partial charge in [0.05, 0.1) is 18.1 Å². The van der Waals surface area contributed by atoms with E-state index in [1.807, 2.05) is 20.8 Å². The highest BCUT2D eigenvalue weighted by atomic mass is 16.7. The summed E-state index contributed by atoms with van der Waals surface area (Å²) in [5.41, 5.74) is 1.46. The molecule has 0 aromatic heterocycles. The van der Waals surface area contributed by atoms with E-state index in [0.717, 1.165) is 49.7 Å². The van der Waals surface area contributed by atoms with Crippen LogP contribution in [0.1, 0.15) is 86.5 Å². The van der Waals surface area contributed by atoms with E-state index in [1.54, 1.807) is 0 Å². The second-order valence-corrected chi connectivity index (χ2v) is 13.4. The van der Waals surface area contributed by atoms with Gasteiger partial charge in [-0.2, -0.15) is 0 Å². The molecule has 0 aromatic rings. The number of allylic oxidation sites excluding steroid dienone is 2. The summed E-state index contributed by atoms with van der Waals surface area (Å²) >= 11 is 0. The lowest BCUT2D eigenvalue weighted by Crippen LogP contribution is -2.50. The molecular weight excluding hydrogens is 456 g/mol. The predicted octanol–water partition coefficient (Wildman–Crippen LogP) is 5.77. The van der Waals surface area contributed by atoms with E-state index in [2.05, 4.69) is 32.9 Å². The molecule has 6 aliphatic rings. The van der Waals surface area contributed by atoms with Crippen LogP contribution in [0, 0.1) is 28.6 Å². The molecule has 1 spiro atoms. The largest absolute Gasteiger partial charge is 0.485 e. The van der Waals surface area contributed by atoms with Crippen LogP contribution in [0.5, 0.6) is 0 Å². The van der Waals surface area contributed by atoms with Crippen molar-refractivity contribution in [2.45, 2.75) is 110 Å². The van der Waals surface area contributed by atoms with Crippen molar-refractivity contribution >= 4 is 11.9 Å². The number of carbonyl (C=O) groups excluding carboxylic acids is 2. The van der Waals surface area contributed by atoms with Crippen LogP contribution in [-0.4, -0.2) is 35.5 Å². The fourth-order valence-electron chi connectivity index (χ4n) is 8.70. The third kappa shape index (κ3) is 3.46. The molecule has 2 bridgehead atoms. The first kappa shape index (κ1) is 24.3. The van der Waals surface area contributed by atoms with E-state index in [9.17, 15) is 9.59 Å². The van der Waals surface area contributed by atoms with Gasteiger partial charge in [-0.1, -0.05) is 33.8 Å². The first-order valence-electron chi connectivity index (χ1n) is 13.8. The Balaban J connectivity index is 1.35. The Labute approximate surface area is 214 Å². The monoisotopic (exact) mass is 496 g/mol. The number of rotatable bonds is 0. The number of cyclic esters (lactones) is 1. The minimum absolute atomic E-state index is 0.0527. The third-order valence-corrected chi connectivity index (χ3v) is 10.5. The maximum Gasteiger partial charge on any atom is 0.335 e. The molecular formula is C30H40O6. The summed E-state index contributed by atoms with van der Waals surface area (Å²) in [5, 5.41) is 0. The molecule has 2 saturated heterocycles. The van der Waals surface area contributed by atoms with Crippen molar-refractivity contribution in [3.63, 3.8) is 0 Å². The van der Waals surface area contributed by atoms with Gasteiger partial charge in [0.2, 0.25) is 5.79 Å². The van der Waals surface area contributed by atoms with Gasteiger partial charge in [0, 0.05) is 24.0 Å². The molecule has 1 saturated carbocycles. The van der Waals surface area contributed by atoms with Gasteiger partial charge in [-0.15, -0.1) is 0 Å². The van der Waals surface area contributed by atoms with Crippen LogP contribution in [0.25, 0.3) is 0 Å². The summed E-state index contributed by atoms with van der Waals surface area (Å²) in [4.78, 5) is 24.8. The van der Waals surface area contributed by atoms with Crippen molar-refractivity contribution in [1.82, 2.24) is 0 Å². The lowest BCUT2D eigenvalue weighted by Gasteiger charge is -2.50. The van der Waals surface area contributed by atoms with Crippen LogP contribution in [0.15, 0.2) is 35.1 Å². The summed E-state index contributed by atoms with van der Waals surface area (Å²) in [6, 6.07) is 0. The number of ether oxygens (including phenoxy) is 4. The Morgan fingerprint density at radius 1 is 0.972 bits per heavy atom. The van der Waals surface area contributed by atoms with Gasteiger partial charge >= 0.3 is 11.9 Å². The second kappa shape index (κ2) is 7.72. The fraction of sp³-hybridized carbons (Fsp3) is 0.733. The van der Waals surface area contributed by atoms with Crippen molar-refractivity contribution in [3.05, 3.63) is 35.1 Å². The average molecular weight is 497 g/mol. The van der Waals surface area contributed by atoms with Crippen LogP contribution in [0.4, 0.5) is 0 Å². The van der Waals surface area contributed by atoms with Gasteiger partial charge in [0.1, 0.15) is 17.5 Å². The molecule has 4 heterocycles. The average Bonchev–Trinajstić information content (AvgIpc) is 3.31. The van der Waals surface area contributed by atoms with Crippen LogP contribution in [0.3, 0.4) is 0 Å². The smallest absolute Gasteiger partial charge is 0.335 e. The lowest BCUT2D eigenvalue weighted by atomic mass is 9.57. The van der Waals surface area contributed by atoms with Gasteiger partial charge in [-0.3, -0.25) is 4.79 Å². The summed E-state index contributed by atoms with van der Waals surface area (Å²) in [6.07, 6.45) is 12.2. The molecule has 36 heavy (non-hydrogen) atoms. The second-order valence-electron chi connectivity index (χ2n) is 13.4. The standard InChI is InChI=1S/C30H40O6/c1-17-14-30(15-18(2)26(32)36-30)34-23-16-28(5)10-7-8-21-20-12-19(9-11-29(28,6)25(17)23)33-22(20)13-24(31)35-27(21,3)4/h8,12-13,17-19,23,25H,7,9-11,14-16H2,1-6H3/b21-8+/t17-,18-,19+,23-,25+,28-,29-,30+/m1/s1. The minimum Gasteiger partial charge on any atom is -0.485 e. The predicted molar refractivity (Wildman–Crippen MR) is 133 cm³/mol. The summed E-state index contributed by atoms with van der Waals surface area (Å²) in [5.74, 6) is 0.104. The Bertz CT molecular complexity index is 1100. The Morgan fingerprint density at radius 2 is 1.75 bits per heavy atom. The van der Waals surface area contributed by atoms with Gasteiger partial charge < -0.3 is 18.9 Å². The zero-order valence-corrected chi connectivity index (χ0v) is 22.5. The third-order valence-electron chi connectivity index (χ3n) is 10.5. The number of fused-ring (bicyclic) bond motifs is 4. The van der Waals surface area contributed by atoms with Gasteiger partial charge in [0.25, 0.3) is 0 Å². The number of hydrogen-bond acceptors (Lipinski definition) is 6. The molecule has 6 rings (SSSR count). The quantitative estimate of drug-likeness (QED) is 0.397. The molecule has 3 fully saturated rings. The van der Waals surface area contributed by atoms with Crippen molar-refractivity contribution in [3.8, 4) is 0 Å². The molecule has 8 atom stereocenters. The molecule has 0 N–H and O–H groups in total. The normalized spacial score (nSPS) is 48.7.